The maximum atomic E-state index is 13.3. The number of nitrogens with zero attached hydrogens (tertiary/aromatic N) is 3. The maximum Gasteiger partial charge on any atom is 0.230 e. The normalized spacial score (nSPS) is 16.4. The first-order chi connectivity index (χ1) is 12.3. The number of aromatic nitrogens is 3. The molecule has 0 aliphatic heterocycles. The third-order valence-corrected chi connectivity index (χ3v) is 4.68. The number of aryl methyl sites for hydroxylation is 1. The van der Waals surface area contributed by atoms with E-state index in [9.17, 15) is 4.79 Å². The van der Waals surface area contributed by atoms with Gasteiger partial charge in [0.1, 0.15) is 5.76 Å². The van der Waals surface area contributed by atoms with E-state index in [2.05, 4.69) is 15.2 Å². The zero-order valence-corrected chi connectivity index (χ0v) is 13.9. The fourth-order valence-corrected chi connectivity index (χ4v) is 3.45. The molecule has 1 aliphatic rings. The number of furan rings is 1. The molecule has 0 aromatic carbocycles. The Balaban J connectivity index is 1.60. The standard InChI is InChI=1S/C19H20N4O2/c24-19(16-6-1-7-18-17(16)11-21-22-18)23(13-15-5-3-9-25-15)12-14-4-2-8-20-10-14/h2-5,8-11,16H,1,6-7,12-13H2,(H,21,22). The molecular formula is C19H20N4O2. The monoisotopic (exact) mass is 336 g/mol. The minimum absolute atomic E-state index is 0.114. The average molecular weight is 336 g/mol. The fourth-order valence-electron chi connectivity index (χ4n) is 3.45. The quantitative estimate of drug-likeness (QED) is 0.777. The van der Waals surface area contributed by atoms with Gasteiger partial charge in [0, 0.05) is 30.2 Å². The zero-order chi connectivity index (χ0) is 17.1. The van der Waals surface area contributed by atoms with E-state index in [-0.39, 0.29) is 11.8 Å². The van der Waals surface area contributed by atoms with Crippen molar-refractivity contribution >= 4 is 5.91 Å². The molecule has 6 heteroatoms. The van der Waals surface area contributed by atoms with Gasteiger partial charge >= 0.3 is 0 Å². The third-order valence-electron chi connectivity index (χ3n) is 4.68. The minimum atomic E-state index is -0.144. The molecule has 1 unspecified atom stereocenters. The van der Waals surface area contributed by atoms with E-state index in [1.54, 1.807) is 24.9 Å². The van der Waals surface area contributed by atoms with Gasteiger partial charge < -0.3 is 9.32 Å². The molecule has 1 amide bonds. The molecule has 3 heterocycles. The van der Waals surface area contributed by atoms with Crippen molar-refractivity contribution in [2.24, 2.45) is 0 Å². The number of H-pyrrole nitrogens is 1. The fraction of sp³-hybridized carbons (Fsp3) is 0.316. The van der Waals surface area contributed by atoms with Crippen molar-refractivity contribution in [3.05, 3.63) is 71.7 Å². The summed E-state index contributed by atoms with van der Waals surface area (Å²) in [7, 11) is 0. The van der Waals surface area contributed by atoms with E-state index >= 15 is 0 Å². The van der Waals surface area contributed by atoms with Gasteiger partial charge in [-0.05, 0) is 43.0 Å². The Labute approximate surface area is 145 Å². The highest BCUT2D eigenvalue weighted by Gasteiger charge is 2.31. The SMILES string of the molecule is O=C(C1CCCc2[nH]ncc21)N(Cc1cccnc1)Cc1ccco1. The van der Waals surface area contributed by atoms with E-state index in [4.69, 9.17) is 4.42 Å². The first kappa shape index (κ1) is 15.6. The number of pyridine rings is 1. The van der Waals surface area contributed by atoms with Crippen LogP contribution in [0, 0.1) is 0 Å². The third kappa shape index (κ3) is 3.33. The van der Waals surface area contributed by atoms with Gasteiger partial charge in [-0.2, -0.15) is 5.10 Å². The molecule has 1 aliphatic carbocycles. The highest BCUT2D eigenvalue weighted by molar-refractivity contribution is 5.84. The van der Waals surface area contributed by atoms with E-state index in [0.29, 0.717) is 13.1 Å². The number of carbonyl (C=O) groups is 1. The van der Waals surface area contributed by atoms with Crippen molar-refractivity contribution in [1.82, 2.24) is 20.1 Å². The molecule has 0 radical (unpaired) electrons. The van der Waals surface area contributed by atoms with Crippen LogP contribution in [0.4, 0.5) is 0 Å². The molecule has 3 aromatic rings. The van der Waals surface area contributed by atoms with Crippen LogP contribution in [0.25, 0.3) is 0 Å². The molecule has 0 saturated carbocycles. The Morgan fingerprint density at radius 2 is 2.24 bits per heavy atom. The van der Waals surface area contributed by atoms with Crippen molar-refractivity contribution in [2.75, 3.05) is 0 Å². The largest absolute Gasteiger partial charge is 0.467 e. The summed E-state index contributed by atoms with van der Waals surface area (Å²) in [6.07, 6.45) is 9.77. The number of carbonyl (C=O) groups excluding carboxylic acids is 1. The predicted molar refractivity (Wildman–Crippen MR) is 91.5 cm³/mol. The summed E-state index contributed by atoms with van der Waals surface area (Å²) in [5.74, 6) is 0.747. The van der Waals surface area contributed by atoms with Crippen LogP contribution in [-0.4, -0.2) is 26.0 Å². The van der Waals surface area contributed by atoms with E-state index in [0.717, 1.165) is 41.8 Å². The van der Waals surface area contributed by atoms with Gasteiger partial charge in [0.05, 0.1) is 24.9 Å². The molecule has 0 bridgehead atoms. The number of hydrogen-bond donors (Lipinski definition) is 1. The summed E-state index contributed by atoms with van der Waals surface area (Å²) in [4.78, 5) is 19.3. The van der Waals surface area contributed by atoms with Gasteiger partial charge in [0.25, 0.3) is 0 Å². The summed E-state index contributed by atoms with van der Waals surface area (Å²) in [5, 5.41) is 7.16. The Hall–Kier alpha value is -2.89. The molecule has 0 spiro atoms. The molecule has 3 aromatic heterocycles. The smallest absolute Gasteiger partial charge is 0.230 e. The molecule has 1 N–H and O–H groups in total. The summed E-state index contributed by atoms with van der Waals surface area (Å²) in [5.41, 5.74) is 3.13. The van der Waals surface area contributed by atoms with E-state index in [1.807, 2.05) is 29.2 Å². The van der Waals surface area contributed by atoms with Gasteiger partial charge in [-0.1, -0.05) is 6.07 Å². The zero-order valence-electron chi connectivity index (χ0n) is 13.9. The highest BCUT2D eigenvalue weighted by atomic mass is 16.3. The van der Waals surface area contributed by atoms with Crippen molar-refractivity contribution in [2.45, 2.75) is 38.3 Å². The van der Waals surface area contributed by atoms with Crippen LogP contribution in [0.3, 0.4) is 0 Å². The second-order valence-electron chi connectivity index (χ2n) is 6.38. The summed E-state index contributed by atoms with van der Waals surface area (Å²) < 4.78 is 5.47. The summed E-state index contributed by atoms with van der Waals surface area (Å²) in [6, 6.07) is 7.61. The van der Waals surface area contributed by atoms with Crippen LogP contribution < -0.4 is 0 Å². The van der Waals surface area contributed by atoms with Crippen LogP contribution in [0.5, 0.6) is 0 Å². The lowest BCUT2D eigenvalue weighted by Crippen LogP contribution is -2.35. The summed E-state index contributed by atoms with van der Waals surface area (Å²) in [6.45, 7) is 0.960. The van der Waals surface area contributed by atoms with Crippen LogP contribution in [0.1, 0.15) is 41.3 Å². The van der Waals surface area contributed by atoms with E-state index < -0.39 is 0 Å². The number of hydrogen-bond acceptors (Lipinski definition) is 4. The Bertz CT molecular complexity index is 826. The first-order valence-corrected chi connectivity index (χ1v) is 8.53. The lowest BCUT2D eigenvalue weighted by Gasteiger charge is -2.29. The lowest BCUT2D eigenvalue weighted by molar-refractivity contribution is -0.134. The van der Waals surface area contributed by atoms with Crippen LogP contribution in [0.15, 0.2) is 53.5 Å². The topological polar surface area (TPSA) is 75.0 Å². The predicted octanol–water partition coefficient (Wildman–Crippen LogP) is 3.05. The van der Waals surface area contributed by atoms with Gasteiger partial charge in [-0.25, -0.2) is 0 Å². The van der Waals surface area contributed by atoms with E-state index in [1.165, 1.54) is 0 Å². The van der Waals surface area contributed by atoms with Crippen molar-refractivity contribution in [3.8, 4) is 0 Å². The molecule has 0 fully saturated rings. The maximum absolute atomic E-state index is 13.3. The molecule has 128 valence electrons. The van der Waals surface area contributed by atoms with Gasteiger partial charge in [-0.15, -0.1) is 0 Å². The second kappa shape index (κ2) is 6.93. The number of fused-ring (bicyclic) bond motifs is 1. The Morgan fingerprint density at radius 1 is 1.28 bits per heavy atom. The molecule has 1 atom stereocenters. The highest BCUT2D eigenvalue weighted by Crippen LogP contribution is 2.32. The molecular weight excluding hydrogens is 316 g/mol. The number of nitrogens with one attached hydrogen (secondary N) is 1. The first-order valence-electron chi connectivity index (χ1n) is 8.53. The summed E-state index contributed by atoms with van der Waals surface area (Å²) >= 11 is 0. The number of rotatable bonds is 5. The van der Waals surface area contributed by atoms with Gasteiger partial charge in [-0.3, -0.25) is 14.9 Å². The van der Waals surface area contributed by atoms with Crippen molar-refractivity contribution < 1.29 is 9.21 Å². The second-order valence-corrected chi connectivity index (χ2v) is 6.38. The van der Waals surface area contributed by atoms with Crippen molar-refractivity contribution in [1.29, 1.82) is 0 Å². The Kier molecular flexibility index (Phi) is 4.33. The van der Waals surface area contributed by atoms with Crippen LogP contribution in [-0.2, 0) is 24.3 Å². The molecule has 25 heavy (non-hydrogen) atoms. The van der Waals surface area contributed by atoms with Crippen LogP contribution in [0.2, 0.25) is 0 Å². The van der Waals surface area contributed by atoms with Crippen LogP contribution >= 0.6 is 0 Å². The molecule has 0 saturated heterocycles. The minimum Gasteiger partial charge on any atom is -0.467 e. The number of aromatic amines is 1. The number of amides is 1. The van der Waals surface area contributed by atoms with Gasteiger partial charge in [0.2, 0.25) is 5.91 Å². The van der Waals surface area contributed by atoms with Gasteiger partial charge in [0.15, 0.2) is 0 Å². The Morgan fingerprint density at radius 3 is 3.04 bits per heavy atom. The average Bonchev–Trinajstić information content (AvgIpc) is 3.32. The molecule has 6 nitrogen and oxygen atoms in total. The lowest BCUT2D eigenvalue weighted by atomic mass is 9.86. The van der Waals surface area contributed by atoms with Crippen molar-refractivity contribution in [3.63, 3.8) is 0 Å². The molecule has 4 rings (SSSR count).